The fourth-order valence-electron chi connectivity index (χ4n) is 3.44. The van der Waals surface area contributed by atoms with Gasteiger partial charge in [-0.1, -0.05) is 48.1 Å². The fourth-order valence-corrected chi connectivity index (χ4v) is 5.80. The number of thiazole rings is 2. The van der Waals surface area contributed by atoms with Crippen LogP contribution >= 0.6 is 22.7 Å². The van der Waals surface area contributed by atoms with Gasteiger partial charge in [0.15, 0.2) is 0 Å². The molecule has 2 aromatic carbocycles. The Hall–Kier alpha value is -2.04. The Bertz CT molecular complexity index is 1070. The molecule has 0 amide bonds. The van der Waals surface area contributed by atoms with Gasteiger partial charge in [0, 0.05) is 18.1 Å². The van der Waals surface area contributed by atoms with E-state index in [0.29, 0.717) is 0 Å². The molecule has 0 radical (unpaired) electrons. The summed E-state index contributed by atoms with van der Waals surface area (Å²) >= 11 is 3.69. The van der Waals surface area contributed by atoms with Crippen molar-refractivity contribution in [2.45, 2.75) is 40.2 Å². The first kappa shape index (κ1) is 17.4. The summed E-state index contributed by atoms with van der Waals surface area (Å²) in [6.45, 7) is 7.69. The quantitative estimate of drug-likeness (QED) is 0.387. The van der Waals surface area contributed by atoms with Crippen molar-refractivity contribution in [1.82, 2.24) is 4.98 Å². The van der Waals surface area contributed by atoms with E-state index in [1.54, 1.807) is 11.3 Å². The van der Waals surface area contributed by atoms with Gasteiger partial charge in [0.25, 0.3) is 5.01 Å². The van der Waals surface area contributed by atoms with Crippen molar-refractivity contribution in [2.24, 2.45) is 0 Å². The minimum atomic E-state index is 0.915. The van der Waals surface area contributed by atoms with Crippen LogP contribution in [-0.2, 0) is 19.4 Å². The number of fused-ring (bicyclic) bond motifs is 2. The van der Waals surface area contributed by atoms with Crippen LogP contribution in [0.15, 0.2) is 48.0 Å². The largest absolute Gasteiger partial charge is 0.262 e. The molecule has 0 spiro atoms. The third kappa shape index (κ3) is 3.19. The maximum atomic E-state index is 4.78. The summed E-state index contributed by atoms with van der Waals surface area (Å²) in [6, 6.07) is 15.1. The number of aryl methyl sites for hydroxylation is 2. The van der Waals surface area contributed by atoms with Crippen molar-refractivity contribution in [1.29, 1.82) is 0 Å². The Balaban J connectivity index is 1.70. The first-order chi connectivity index (χ1) is 12.7. The maximum Gasteiger partial charge on any atom is 0.262 e. The summed E-state index contributed by atoms with van der Waals surface area (Å²) in [5.74, 6) is 0. The number of allylic oxidation sites excluding steroid dienone is 1. The maximum absolute atomic E-state index is 4.78. The Morgan fingerprint density at radius 1 is 1.04 bits per heavy atom. The Morgan fingerprint density at radius 3 is 2.62 bits per heavy atom. The number of rotatable bonds is 5. The van der Waals surface area contributed by atoms with E-state index in [2.05, 4.69) is 73.9 Å². The van der Waals surface area contributed by atoms with Crippen LogP contribution in [-0.4, -0.2) is 4.98 Å². The third-order valence-electron chi connectivity index (χ3n) is 4.67. The lowest BCUT2D eigenvalue weighted by atomic mass is 10.1. The molecule has 2 heterocycles. The van der Waals surface area contributed by atoms with Crippen molar-refractivity contribution in [3.63, 3.8) is 0 Å². The summed E-state index contributed by atoms with van der Waals surface area (Å²) < 4.78 is 5.11. The molecule has 0 unspecified atom stereocenters. The third-order valence-corrected chi connectivity index (χ3v) is 6.80. The van der Waals surface area contributed by atoms with Crippen molar-refractivity contribution in [3.8, 4) is 0 Å². The first-order valence-corrected chi connectivity index (χ1v) is 10.8. The predicted molar refractivity (Wildman–Crippen MR) is 114 cm³/mol. The Labute approximate surface area is 162 Å². The number of benzene rings is 2. The highest BCUT2D eigenvalue weighted by molar-refractivity contribution is 7.19. The van der Waals surface area contributed by atoms with Gasteiger partial charge in [-0.15, -0.1) is 11.3 Å². The monoisotopic (exact) mass is 379 g/mol. The van der Waals surface area contributed by atoms with Crippen molar-refractivity contribution < 1.29 is 4.57 Å². The molecular formula is C22H23N2S2+. The standard InChI is InChI=1S/C22H23N2S2/c1-4-16-9-8-12-19-22(16)24(5-2)21(26-19)14-15(3)13-20-23-17-10-6-7-11-18(17)25-20/h6-12,14H,4-5,13H2,1-3H3/q+1. The minimum absolute atomic E-state index is 0.915. The van der Waals surface area contributed by atoms with Gasteiger partial charge in [0.1, 0.15) is 11.2 Å². The molecule has 132 valence electrons. The number of hydrogen-bond donors (Lipinski definition) is 0. The van der Waals surface area contributed by atoms with E-state index < -0.39 is 0 Å². The molecule has 2 aromatic heterocycles. The number of para-hydroxylation sites is 2. The van der Waals surface area contributed by atoms with Crippen LogP contribution in [0.25, 0.3) is 26.5 Å². The van der Waals surface area contributed by atoms with Gasteiger partial charge < -0.3 is 0 Å². The number of aromatic nitrogens is 2. The molecule has 0 saturated heterocycles. The van der Waals surface area contributed by atoms with Gasteiger partial charge in [-0.25, -0.2) is 4.98 Å². The molecular weight excluding hydrogens is 356 g/mol. The fraction of sp³-hybridized carbons (Fsp3) is 0.273. The normalized spacial score (nSPS) is 12.3. The second kappa shape index (κ2) is 7.29. The highest BCUT2D eigenvalue weighted by Gasteiger charge is 2.20. The number of nitrogens with zero attached hydrogens (tertiary/aromatic N) is 2. The van der Waals surface area contributed by atoms with E-state index >= 15 is 0 Å². The zero-order chi connectivity index (χ0) is 18.1. The van der Waals surface area contributed by atoms with Crippen LogP contribution in [0.1, 0.15) is 36.3 Å². The average molecular weight is 380 g/mol. The van der Waals surface area contributed by atoms with Crippen LogP contribution in [0.4, 0.5) is 0 Å². The van der Waals surface area contributed by atoms with Crippen LogP contribution in [0.2, 0.25) is 0 Å². The Morgan fingerprint density at radius 2 is 1.85 bits per heavy atom. The molecule has 0 bridgehead atoms. The van der Waals surface area contributed by atoms with E-state index in [-0.39, 0.29) is 0 Å². The van der Waals surface area contributed by atoms with E-state index in [1.807, 2.05) is 11.3 Å². The van der Waals surface area contributed by atoms with E-state index in [9.17, 15) is 0 Å². The molecule has 0 N–H and O–H groups in total. The second-order valence-electron chi connectivity index (χ2n) is 6.54. The zero-order valence-corrected chi connectivity index (χ0v) is 17.1. The molecule has 26 heavy (non-hydrogen) atoms. The van der Waals surface area contributed by atoms with Crippen molar-refractivity contribution in [2.75, 3.05) is 0 Å². The van der Waals surface area contributed by atoms with Crippen molar-refractivity contribution in [3.05, 3.63) is 63.6 Å². The molecule has 0 aliphatic rings. The molecule has 4 rings (SSSR count). The molecule has 0 atom stereocenters. The molecule has 0 aliphatic carbocycles. The molecule has 4 aromatic rings. The molecule has 0 fully saturated rings. The van der Waals surface area contributed by atoms with Gasteiger partial charge in [-0.3, -0.25) is 0 Å². The van der Waals surface area contributed by atoms with Gasteiger partial charge in [-0.05, 0) is 38.5 Å². The summed E-state index contributed by atoms with van der Waals surface area (Å²) in [4.78, 5) is 4.78. The summed E-state index contributed by atoms with van der Waals surface area (Å²) in [7, 11) is 0. The lowest BCUT2D eigenvalue weighted by molar-refractivity contribution is -0.665. The molecule has 0 saturated carbocycles. The van der Waals surface area contributed by atoms with Crippen LogP contribution in [0.5, 0.6) is 0 Å². The average Bonchev–Trinajstić information content (AvgIpc) is 3.20. The predicted octanol–water partition coefficient (Wildman–Crippen LogP) is 6.03. The van der Waals surface area contributed by atoms with Gasteiger partial charge in [-0.2, -0.15) is 4.57 Å². The second-order valence-corrected chi connectivity index (χ2v) is 8.72. The molecule has 2 nitrogen and oxygen atoms in total. The highest BCUT2D eigenvalue weighted by atomic mass is 32.1. The van der Waals surface area contributed by atoms with Crippen molar-refractivity contribution >= 4 is 49.2 Å². The van der Waals surface area contributed by atoms with Gasteiger partial charge in [0.2, 0.25) is 5.52 Å². The topological polar surface area (TPSA) is 16.8 Å². The summed E-state index contributed by atoms with van der Waals surface area (Å²) in [5.41, 5.74) is 5.31. The minimum Gasteiger partial charge on any atom is -0.241 e. The smallest absolute Gasteiger partial charge is 0.241 e. The van der Waals surface area contributed by atoms with Crippen LogP contribution < -0.4 is 4.57 Å². The van der Waals surface area contributed by atoms with Gasteiger partial charge >= 0.3 is 0 Å². The van der Waals surface area contributed by atoms with E-state index in [4.69, 9.17) is 4.98 Å². The summed E-state index contributed by atoms with van der Waals surface area (Å²) in [6.07, 6.45) is 4.33. The lowest BCUT2D eigenvalue weighted by Crippen LogP contribution is -2.34. The SMILES string of the molecule is CCc1cccc2sc(C=C(C)Cc3nc4ccccc4s3)[n+](CC)c12. The van der Waals surface area contributed by atoms with Crippen LogP contribution in [0.3, 0.4) is 0 Å². The van der Waals surface area contributed by atoms with E-state index in [0.717, 1.165) is 24.9 Å². The highest BCUT2D eigenvalue weighted by Crippen LogP contribution is 2.27. The zero-order valence-electron chi connectivity index (χ0n) is 15.5. The Kier molecular flexibility index (Phi) is 4.88. The first-order valence-electron chi connectivity index (χ1n) is 9.15. The van der Waals surface area contributed by atoms with Crippen LogP contribution in [0, 0.1) is 0 Å². The van der Waals surface area contributed by atoms with E-state index in [1.165, 1.54) is 36.1 Å². The van der Waals surface area contributed by atoms with Gasteiger partial charge in [0.05, 0.1) is 15.2 Å². The summed E-state index contributed by atoms with van der Waals surface area (Å²) in [5, 5.41) is 2.53. The number of hydrogen-bond acceptors (Lipinski definition) is 3. The lowest BCUT2D eigenvalue weighted by Gasteiger charge is -1.99. The molecule has 4 heteroatoms. The molecule has 0 aliphatic heterocycles.